The summed E-state index contributed by atoms with van der Waals surface area (Å²) >= 11 is 0. The molecule has 2 atom stereocenters. The second kappa shape index (κ2) is 21.7. The summed E-state index contributed by atoms with van der Waals surface area (Å²) in [4.78, 5) is 23.4. The van der Waals surface area contributed by atoms with E-state index in [4.69, 9.17) is 14.6 Å². The molecule has 1 aromatic rings. The maximum Gasteiger partial charge on any atom is 0.327 e. The molecule has 39 heavy (non-hydrogen) atoms. The van der Waals surface area contributed by atoms with Crippen molar-refractivity contribution in [2.75, 3.05) is 6.61 Å². The van der Waals surface area contributed by atoms with Gasteiger partial charge < -0.3 is 14.6 Å². The van der Waals surface area contributed by atoms with Crippen molar-refractivity contribution in [3.63, 3.8) is 0 Å². The van der Waals surface area contributed by atoms with E-state index in [-0.39, 0.29) is 6.61 Å². The lowest BCUT2D eigenvalue weighted by molar-refractivity contribution is -0.153. The summed E-state index contributed by atoms with van der Waals surface area (Å²) in [6.45, 7) is 2.25. The zero-order valence-electron chi connectivity index (χ0n) is 23.7. The van der Waals surface area contributed by atoms with Gasteiger partial charge in [-0.05, 0) is 25.0 Å². The lowest BCUT2D eigenvalue weighted by atomic mass is 10.0. The molecular formula is C30H50O8S. The Hall–Kier alpha value is -2.13. The number of hydrogen-bond acceptors (Lipinski definition) is 6. The molecule has 224 valence electrons. The third kappa shape index (κ3) is 18.7. The fraction of sp³-hybridized carbons (Fsp3) is 0.733. The van der Waals surface area contributed by atoms with Gasteiger partial charge in [0.15, 0.2) is 5.25 Å². The second-order valence-corrected chi connectivity index (χ2v) is 12.0. The summed E-state index contributed by atoms with van der Waals surface area (Å²) in [5.74, 6) is -2.23. The number of para-hydroxylation sites is 1. The minimum Gasteiger partial charge on any atom is -0.490 e. The Bertz CT molecular complexity index is 872. The molecule has 0 bridgehead atoms. The number of benzene rings is 1. The summed E-state index contributed by atoms with van der Waals surface area (Å²) in [5.41, 5.74) is 0. The Labute approximate surface area is 235 Å². The first-order valence-corrected chi connectivity index (χ1v) is 16.3. The van der Waals surface area contributed by atoms with Crippen molar-refractivity contribution in [1.82, 2.24) is 0 Å². The number of esters is 1. The highest BCUT2D eigenvalue weighted by Crippen LogP contribution is 2.18. The molecule has 2 unspecified atom stereocenters. The van der Waals surface area contributed by atoms with Gasteiger partial charge in [-0.25, -0.2) is 0 Å². The zero-order chi connectivity index (χ0) is 28.8. The molecule has 0 fully saturated rings. The highest BCUT2D eigenvalue weighted by Gasteiger charge is 2.36. The van der Waals surface area contributed by atoms with Crippen LogP contribution in [0.25, 0.3) is 0 Å². The van der Waals surface area contributed by atoms with Crippen molar-refractivity contribution >= 4 is 22.1 Å². The van der Waals surface area contributed by atoms with E-state index in [2.05, 4.69) is 6.92 Å². The van der Waals surface area contributed by atoms with Crippen LogP contribution >= 0.6 is 0 Å². The van der Waals surface area contributed by atoms with Gasteiger partial charge in [0.25, 0.3) is 10.1 Å². The van der Waals surface area contributed by atoms with E-state index in [9.17, 15) is 22.6 Å². The topological polar surface area (TPSA) is 127 Å². The smallest absolute Gasteiger partial charge is 0.327 e. The number of carbonyl (C=O) groups excluding carboxylic acids is 1. The third-order valence-electron chi connectivity index (χ3n) is 6.82. The summed E-state index contributed by atoms with van der Waals surface area (Å²) in [6.07, 6.45) is 18.4. The van der Waals surface area contributed by atoms with Gasteiger partial charge in [0.05, 0.1) is 6.42 Å². The number of hydrogen-bond donors (Lipinski definition) is 2. The number of aliphatic carboxylic acids is 1. The van der Waals surface area contributed by atoms with Crippen molar-refractivity contribution in [2.24, 2.45) is 0 Å². The molecule has 0 saturated heterocycles. The van der Waals surface area contributed by atoms with Gasteiger partial charge >= 0.3 is 11.9 Å². The Kier molecular flexibility index (Phi) is 19.4. The molecular weight excluding hydrogens is 520 g/mol. The van der Waals surface area contributed by atoms with Crippen molar-refractivity contribution in [1.29, 1.82) is 0 Å². The number of carboxylic acids is 1. The van der Waals surface area contributed by atoms with Gasteiger partial charge in [-0.3, -0.25) is 14.1 Å². The largest absolute Gasteiger partial charge is 0.490 e. The van der Waals surface area contributed by atoms with Crippen LogP contribution in [0.1, 0.15) is 122 Å². The molecule has 0 heterocycles. The van der Waals surface area contributed by atoms with Crippen molar-refractivity contribution < 1.29 is 37.1 Å². The fourth-order valence-electron chi connectivity index (χ4n) is 4.51. The molecule has 1 rings (SSSR count). The molecule has 8 nitrogen and oxygen atoms in total. The Balaban J connectivity index is 2.31. The van der Waals surface area contributed by atoms with Gasteiger partial charge in [-0.2, -0.15) is 8.42 Å². The maximum atomic E-state index is 12.4. The van der Waals surface area contributed by atoms with Gasteiger partial charge in [0.2, 0.25) is 0 Å². The number of carbonyl (C=O) groups is 2. The molecule has 0 aliphatic heterocycles. The van der Waals surface area contributed by atoms with Gasteiger partial charge in [0, 0.05) is 0 Å². The summed E-state index contributed by atoms with van der Waals surface area (Å²) < 4.78 is 43.4. The Morgan fingerprint density at radius 2 is 1.23 bits per heavy atom. The fourth-order valence-corrected chi connectivity index (χ4v) is 5.16. The van der Waals surface area contributed by atoms with E-state index in [0.717, 1.165) is 25.7 Å². The maximum absolute atomic E-state index is 12.4. The van der Waals surface area contributed by atoms with Crippen LogP contribution in [-0.2, 0) is 24.4 Å². The first-order valence-electron chi connectivity index (χ1n) is 14.8. The highest BCUT2D eigenvalue weighted by atomic mass is 32.2. The quantitative estimate of drug-likeness (QED) is 0.0709. The van der Waals surface area contributed by atoms with Crippen LogP contribution in [0.4, 0.5) is 0 Å². The predicted molar refractivity (Wildman–Crippen MR) is 154 cm³/mol. The molecule has 0 aliphatic carbocycles. The average molecular weight is 571 g/mol. The lowest BCUT2D eigenvalue weighted by Crippen LogP contribution is -2.37. The van der Waals surface area contributed by atoms with Crippen molar-refractivity contribution in [3.05, 3.63) is 30.3 Å². The number of unbranched alkanes of at least 4 members (excludes halogenated alkanes) is 15. The Morgan fingerprint density at radius 1 is 0.769 bits per heavy atom. The predicted octanol–water partition coefficient (Wildman–Crippen LogP) is 7.36. The SMILES string of the molecule is CCCCCCCCCCCCCCCCCCC(COc1ccccc1)OC(=O)C(CC(=O)O)S(=O)(=O)O. The van der Waals surface area contributed by atoms with E-state index in [0.29, 0.717) is 12.2 Å². The van der Waals surface area contributed by atoms with Crippen LogP contribution in [0.5, 0.6) is 5.75 Å². The molecule has 1 aromatic carbocycles. The average Bonchev–Trinajstić information content (AvgIpc) is 2.89. The van der Waals surface area contributed by atoms with Crippen LogP contribution in [0.15, 0.2) is 30.3 Å². The molecule has 0 amide bonds. The molecule has 0 aliphatic rings. The zero-order valence-corrected chi connectivity index (χ0v) is 24.5. The normalized spacial score (nSPS) is 13.1. The minimum absolute atomic E-state index is 0.000237. The second-order valence-electron chi connectivity index (χ2n) is 10.4. The van der Waals surface area contributed by atoms with E-state index in [1.807, 2.05) is 6.07 Å². The molecule has 9 heteroatoms. The highest BCUT2D eigenvalue weighted by molar-refractivity contribution is 7.87. The van der Waals surface area contributed by atoms with Crippen LogP contribution < -0.4 is 4.74 Å². The molecule has 0 radical (unpaired) electrons. The van der Waals surface area contributed by atoms with Crippen LogP contribution in [0, 0.1) is 0 Å². The number of ether oxygens (including phenoxy) is 2. The number of carboxylic acid groups (broad SMARTS) is 1. The van der Waals surface area contributed by atoms with Gasteiger partial charge in [0.1, 0.15) is 18.5 Å². The van der Waals surface area contributed by atoms with Crippen LogP contribution in [0.3, 0.4) is 0 Å². The molecule has 0 aromatic heterocycles. The first-order chi connectivity index (χ1) is 18.7. The minimum atomic E-state index is -4.92. The summed E-state index contributed by atoms with van der Waals surface area (Å²) in [5, 5.41) is 6.77. The molecule has 0 saturated carbocycles. The van der Waals surface area contributed by atoms with E-state index < -0.39 is 39.8 Å². The lowest BCUT2D eigenvalue weighted by Gasteiger charge is -2.21. The van der Waals surface area contributed by atoms with Gasteiger partial charge in [-0.15, -0.1) is 0 Å². The summed E-state index contributed by atoms with van der Waals surface area (Å²) in [6, 6.07) is 8.93. The van der Waals surface area contributed by atoms with Crippen LogP contribution in [0.2, 0.25) is 0 Å². The third-order valence-corrected chi connectivity index (χ3v) is 7.90. The summed E-state index contributed by atoms with van der Waals surface area (Å²) in [7, 11) is -4.92. The van der Waals surface area contributed by atoms with Crippen LogP contribution in [-0.4, -0.2) is 48.0 Å². The monoisotopic (exact) mass is 570 g/mol. The number of rotatable bonds is 25. The van der Waals surface area contributed by atoms with Gasteiger partial charge in [-0.1, -0.05) is 121 Å². The molecule has 0 spiro atoms. The first kappa shape index (κ1) is 34.9. The van der Waals surface area contributed by atoms with E-state index in [1.165, 1.54) is 77.0 Å². The molecule has 2 N–H and O–H groups in total. The van der Waals surface area contributed by atoms with E-state index in [1.54, 1.807) is 24.3 Å². The van der Waals surface area contributed by atoms with E-state index >= 15 is 0 Å². The standard InChI is InChI=1S/C30H50O8S/c1-2-3-4-5-6-7-8-9-10-11-12-13-14-15-16-18-23-27(25-37-26-21-19-17-20-22-26)38-30(33)28(24-29(31)32)39(34,35)36/h17,19-22,27-28H,2-16,18,23-25H2,1H3,(H,31,32)(H,34,35,36). The van der Waals surface area contributed by atoms with Crippen molar-refractivity contribution in [3.8, 4) is 5.75 Å². The van der Waals surface area contributed by atoms with Crippen molar-refractivity contribution in [2.45, 2.75) is 134 Å². The Morgan fingerprint density at radius 3 is 1.67 bits per heavy atom.